The van der Waals surface area contributed by atoms with E-state index < -0.39 is 0 Å². The van der Waals surface area contributed by atoms with Crippen molar-refractivity contribution in [2.45, 2.75) is 26.4 Å². The normalized spacial score (nSPS) is 13.1. The molecule has 0 aliphatic rings. The third kappa shape index (κ3) is 4.40. The van der Waals surface area contributed by atoms with Gasteiger partial charge in [0.1, 0.15) is 0 Å². The van der Waals surface area contributed by atoms with Gasteiger partial charge in [0.25, 0.3) is 0 Å². The van der Waals surface area contributed by atoms with Crippen molar-refractivity contribution in [3.05, 3.63) is 30.1 Å². The summed E-state index contributed by atoms with van der Waals surface area (Å²) < 4.78 is 5.74. The van der Waals surface area contributed by atoms with Crippen LogP contribution in [0.3, 0.4) is 0 Å². The molecular weight excluding hydrogens is 188 g/mol. The number of pyridine rings is 1. The van der Waals surface area contributed by atoms with Gasteiger partial charge in [0.05, 0.1) is 6.10 Å². The van der Waals surface area contributed by atoms with Gasteiger partial charge in [0.15, 0.2) is 0 Å². The highest BCUT2D eigenvalue weighted by Gasteiger charge is 2.09. The highest BCUT2D eigenvalue weighted by Crippen LogP contribution is 2.15. The van der Waals surface area contributed by atoms with Crippen molar-refractivity contribution < 1.29 is 4.74 Å². The van der Waals surface area contributed by atoms with Gasteiger partial charge in [-0.2, -0.15) is 0 Å². The molecule has 2 N–H and O–H groups in total. The lowest BCUT2D eigenvalue weighted by Gasteiger charge is -2.16. The maximum Gasteiger partial charge on any atom is 0.0948 e. The van der Waals surface area contributed by atoms with Crippen LogP contribution in [0.4, 0.5) is 0 Å². The molecule has 1 rings (SSSR count). The van der Waals surface area contributed by atoms with Gasteiger partial charge in [-0.25, -0.2) is 0 Å². The summed E-state index contributed by atoms with van der Waals surface area (Å²) in [5.74, 6) is 0.667. The second-order valence-electron chi connectivity index (χ2n) is 4.06. The summed E-state index contributed by atoms with van der Waals surface area (Å²) in [6.45, 7) is 5.66. The molecule has 0 bridgehead atoms. The third-order valence-corrected chi connectivity index (χ3v) is 2.31. The lowest BCUT2D eigenvalue weighted by molar-refractivity contribution is 0.0515. The van der Waals surface area contributed by atoms with Gasteiger partial charge in [0, 0.05) is 25.5 Å². The summed E-state index contributed by atoms with van der Waals surface area (Å²) in [4.78, 5) is 3.97. The van der Waals surface area contributed by atoms with Crippen LogP contribution in [0.5, 0.6) is 0 Å². The molecule has 1 aromatic rings. The molecule has 0 saturated heterocycles. The Morgan fingerprint density at radius 3 is 2.53 bits per heavy atom. The minimum Gasteiger partial charge on any atom is -0.372 e. The second-order valence-corrected chi connectivity index (χ2v) is 4.06. The second kappa shape index (κ2) is 6.53. The highest BCUT2D eigenvalue weighted by atomic mass is 16.5. The molecule has 1 heterocycles. The number of nitrogens with zero attached hydrogens (tertiary/aromatic N) is 1. The van der Waals surface area contributed by atoms with Crippen molar-refractivity contribution >= 4 is 0 Å². The zero-order valence-corrected chi connectivity index (χ0v) is 9.52. The van der Waals surface area contributed by atoms with E-state index in [4.69, 9.17) is 10.5 Å². The topological polar surface area (TPSA) is 48.1 Å². The van der Waals surface area contributed by atoms with Crippen molar-refractivity contribution in [2.75, 3.05) is 13.2 Å². The Morgan fingerprint density at radius 2 is 2.00 bits per heavy atom. The van der Waals surface area contributed by atoms with Crippen LogP contribution in [0.2, 0.25) is 0 Å². The molecule has 0 amide bonds. The van der Waals surface area contributed by atoms with E-state index in [-0.39, 0.29) is 6.10 Å². The SMILES string of the molecule is CC(C)CCOC(CN)c1ccncc1. The molecule has 0 aliphatic heterocycles. The van der Waals surface area contributed by atoms with E-state index in [2.05, 4.69) is 18.8 Å². The molecule has 15 heavy (non-hydrogen) atoms. The molecule has 84 valence electrons. The smallest absolute Gasteiger partial charge is 0.0948 e. The van der Waals surface area contributed by atoms with E-state index in [0.29, 0.717) is 12.5 Å². The van der Waals surface area contributed by atoms with Gasteiger partial charge in [-0.1, -0.05) is 13.8 Å². The van der Waals surface area contributed by atoms with Crippen LogP contribution in [0.15, 0.2) is 24.5 Å². The average Bonchev–Trinajstić information content (AvgIpc) is 2.25. The van der Waals surface area contributed by atoms with Crippen LogP contribution in [-0.2, 0) is 4.74 Å². The van der Waals surface area contributed by atoms with Crippen LogP contribution in [0.1, 0.15) is 31.9 Å². The molecule has 3 nitrogen and oxygen atoms in total. The van der Waals surface area contributed by atoms with Crippen molar-refractivity contribution in [2.24, 2.45) is 11.7 Å². The standard InChI is InChI=1S/C12H20N2O/c1-10(2)5-8-15-12(9-13)11-3-6-14-7-4-11/h3-4,6-7,10,12H,5,8-9,13H2,1-2H3. The number of nitrogens with two attached hydrogens (primary N) is 1. The van der Waals surface area contributed by atoms with Crippen LogP contribution >= 0.6 is 0 Å². The van der Waals surface area contributed by atoms with Crippen LogP contribution in [-0.4, -0.2) is 18.1 Å². The summed E-state index contributed by atoms with van der Waals surface area (Å²) in [7, 11) is 0. The molecule has 0 aliphatic carbocycles. The molecule has 3 heteroatoms. The summed E-state index contributed by atoms with van der Waals surface area (Å²) in [6.07, 6.45) is 4.61. The molecular formula is C12H20N2O. The Hall–Kier alpha value is -0.930. The molecule has 0 saturated carbocycles. The first kappa shape index (κ1) is 12.1. The van der Waals surface area contributed by atoms with Gasteiger partial charge in [0.2, 0.25) is 0 Å². The first-order valence-corrected chi connectivity index (χ1v) is 5.45. The first-order valence-electron chi connectivity index (χ1n) is 5.45. The van der Waals surface area contributed by atoms with Gasteiger partial charge in [-0.3, -0.25) is 4.98 Å². The fourth-order valence-corrected chi connectivity index (χ4v) is 1.32. The maximum absolute atomic E-state index is 5.74. The van der Waals surface area contributed by atoms with E-state index in [1.165, 1.54) is 0 Å². The predicted octanol–water partition coefficient (Wildman–Crippen LogP) is 2.14. The van der Waals surface area contributed by atoms with Crippen LogP contribution < -0.4 is 5.73 Å². The summed E-state index contributed by atoms with van der Waals surface area (Å²) in [5, 5.41) is 0. The van der Waals surface area contributed by atoms with E-state index in [0.717, 1.165) is 18.6 Å². The van der Waals surface area contributed by atoms with E-state index >= 15 is 0 Å². The Labute approximate surface area is 91.7 Å². The molecule has 0 aromatic carbocycles. The number of aromatic nitrogens is 1. The molecule has 1 unspecified atom stereocenters. The summed E-state index contributed by atoms with van der Waals surface area (Å²) in [6, 6.07) is 3.90. The van der Waals surface area contributed by atoms with Crippen molar-refractivity contribution in [1.82, 2.24) is 4.98 Å². The molecule has 1 atom stereocenters. The lowest BCUT2D eigenvalue weighted by atomic mass is 10.1. The maximum atomic E-state index is 5.74. The average molecular weight is 208 g/mol. The fourth-order valence-electron chi connectivity index (χ4n) is 1.32. The lowest BCUT2D eigenvalue weighted by Crippen LogP contribution is -2.17. The Kier molecular flexibility index (Phi) is 5.29. The van der Waals surface area contributed by atoms with E-state index in [1.54, 1.807) is 12.4 Å². The number of rotatable bonds is 6. The van der Waals surface area contributed by atoms with Crippen LogP contribution in [0, 0.1) is 5.92 Å². The highest BCUT2D eigenvalue weighted by molar-refractivity contribution is 5.13. The summed E-state index contributed by atoms with van der Waals surface area (Å²) in [5.41, 5.74) is 6.78. The number of hydrogen-bond donors (Lipinski definition) is 1. The minimum absolute atomic E-state index is 0.00625. The number of hydrogen-bond acceptors (Lipinski definition) is 3. The first-order chi connectivity index (χ1) is 7.24. The van der Waals surface area contributed by atoms with Crippen molar-refractivity contribution in [3.8, 4) is 0 Å². The quantitative estimate of drug-likeness (QED) is 0.779. The van der Waals surface area contributed by atoms with Gasteiger partial charge in [-0.05, 0) is 30.0 Å². The third-order valence-electron chi connectivity index (χ3n) is 2.31. The van der Waals surface area contributed by atoms with Gasteiger partial charge >= 0.3 is 0 Å². The van der Waals surface area contributed by atoms with Gasteiger partial charge < -0.3 is 10.5 Å². The fraction of sp³-hybridized carbons (Fsp3) is 0.583. The summed E-state index contributed by atoms with van der Waals surface area (Å²) >= 11 is 0. The molecule has 0 fully saturated rings. The van der Waals surface area contributed by atoms with Gasteiger partial charge in [-0.15, -0.1) is 0 Å². The predicted molar refractivity (Wildman–Crippen MR) is 61.4 cm³/mol. The van der Waals surface area contributed by atoms with Crippen molar-refractivity contribution in [3.63, 3.8) is 0 Å². The minimum atomic E-state index is 0.00625. The molecule has 1 aromatic heterocycles. The Balaban J connectivity index is 2.43. The zero-order chi connectivity index (χ0) is 11.1. The van der Waals surface area contributed by atoms with Crippen LogP contribution in [0.25, 0.3) is 0 Å². The zero-order valence-electron chi connectivity index (χ0n) is 9.52. The largest absolute Gasteiger partial charge is 0.372 e. The Bertz CT molecular complexity index is 262. The Morgan fingerprint density at radius 1 is 1.33 bits per heavy atom. The molecule has 0 radical (unpaired) electrons. The molecule has 0 spiro atoms. The monoisotopic (exact) mass is 208 g/mol. The number of ether oxygens (including phenoxy) is 1. The van der Waals surface area contributed by atoms with E-state index in [9.17, 15) is 0 Å². The van der Waals surface area contributed by atoms with Crippen molar-refractivity contribution in [1.29, 1.82) is 0 Å². The van der Waals surface area contributed by atoms with E-state index in [1.807, 2.05) is 12.1 Å².